The summed E-state index contributed by atoms with van der Waals surface area (Å²) in [7, 11) is 1.59. The Hall–Kier alpha value is -4.81. The first-order valence-electron chi connectivity index (χ1n) is 17.3. The third-order valence-corrected chi connectivity index (χ3v) is 10.5. The van der Waals surface area contributed by atoms with E-state index in [2.05, 4.69) is 21.3 Å². The van der Waals surface area contributed by atoms with Gasteiger partial charge >= 0.3 is 0 Å². The average molecular weight is 741 g/mol. The van der Waals surface area contributed by atoms with Gasteiger partial charge in [-0.2, -0.15) is 0 Å². The second kappa shape index (κ2) is 15.4. The number of nitrogens with one attached hydrogen (secondary N) is 4. The van der Waals surface area contributed by atoms with Crippen molar-refractivity contribution in [3.63, 3.8) is 0 Å². The van der Waals surface area contributed by atoms with Gasteiger partial charge in [-0.05, 0) is 43.5 Å². The number of hydrogen-bond acceptors (Lipinski definition) is 8. The van der Waals surface area contributed by atoms with Gasteiger partial charge in [0.1, 0.15) is 5.65 Å². The second-order valence-corrected chi connectivity index (χ2v) is 13.9. The molecule has 7 rings (SSSR count). The van der Waals surface area contributed by atoms with E-state index in [9.17, 15) is 14.4 Å². The lowest BCUT2D eigenvalue weighted by molar-refractivity contribution is -0.120. The summed E-state index contributed by atoms with van der Waals surface area (Å²) in [6.07, 6.45) is 4.43. The van der Waals surface area contributed by atoms with E-state index in [0.717, 1.165) is 46.2 Å². The highest BCUT2D eigenvalue weighted by Gasteiger charge is 2.22. The molecule has 2 fully saturated rings. The van der Waals surface area contributed by atoms with Crippen LogP contribution in [0.25, 0.3) is 39.2 Å². The Morgan fingerprint density at radius 3 is 2.06 bits per heavy atom. The molecule has 5 heterocycles. The highest BCUT2D eigenvalue weighted by Crippen LogP contribution is 2.42. The molecule has 0 spiro atoms. The van der Waals surface area contributed by atoms with E-state index < -0.39 is 0 Å². The fraction of sp³-hybridized carbons (Fsp3) is 0.308. The number of rotatable bonds is 12. The lowest BCUT2D eigenvalue weighted by Crippen LogP contribution is -2.36. The molecule has 13 heteroatoms. The van der Waals surface area contributed by atoms with Crippen molar-refractivity contribution < 1.29 is 14.3 Å². The number of pyridine rings is 2. The zero-order chi connectivity index (χ0) is 36.4. The predicted molar refractivity (Wildman–Crippen MR) is 203 cm³/mol. The van der Waals surface area contributed by atoms with Gasteiger partial charge < -0.3 is 26.0 Å². The standard InChI is InChI=1S/C39H39Cl2N7O4/c1-22-31(21-43-20-26-11-14-35(50)46-26)39(51)48-16-15-23(17-33(48)44-22)27-5-3-6-28(36(27)40)29-7-4-8-30(37(29)41)32-12-9-24(38(47-32)52-2)18-42-19-25-10-13-34(49)45-25/h3-9,12,15-17,25-26,42-43H,10-11,13-14,18-21H2,1-2H3,(H,45,49)(H,46,50)/t25-,26-/m1/s1. The number of fused-ring (bicyclic) bond motifs is 1. The van der Waals surface area contributed by atoms with Gasteiger partial charge in [0, 0.05) is 90.8 Å². The minimum atomic E-state index is -0.144. The number of methoxy groups -OCH3 is 1. The molecule has 2 atom stereocenters. The first kappa shape index (κ1) is 35.6. The van der Waals surface area contributed by atoms with Gasteiger partial charge in [-0.1, -0.05) is 65.7 Å². The number of benzene rings is 2. The van der Waals surface area contributed by atoms with E-state index in [4.69, 9.17) is 37.9 Å². The smallest absolute Gasteiger partial charge is 0.262 e. The average Bonchev–Trinajstić information content (AvgIpc) is 3.76. The van der Waals surface area contributed by atoms with Crippen LogP contribution >= 0.6 is 23.2 Å². The summed E-state index contributed by atoms with van der Waals surface area (Å²) in [5, 5.41) is 13.6. The van der Waals surface area contributed by atoms with Crippen LogP contribution in [0.5, 0.6) is 5.88 Å². The number of carbonyl (C=O) groups excluding carboxylic acids is 2. The molecule has 3 aromatic heterocycles. The van der Waals surface area contributed by atoms with Gasteiger partial charge in [0.15, 0.2) is 0 Å². The van der Waals surface area contributed by atoms with Crippen LogP contribution in [0.2, 0.25) is 10.0 Å². The number of hydrogen-bond donors (Lipinski definition) is 4. The van der Waals surface area contributed by atoms with E-state index in [-0.39, 0.29) is 29.5 Å². The largest absolute Gasteiger partial charge is 0.481 e. The zero-order valence-corrected chi connectivity index (χ0v) is 30.4. The second-order valence-electron chi connectivity index (χ2n) is 13.2. The van der Waals surface area contributed by atoms with E-state index in [1.54, 1.807) is 17.7 Å². The maximum Gasteiger partial charge on any atom is 0.262 e. The summed E-state index contributed by atoms with van der Waals surface area (Å²) in [6.45, 7) is 3.99. The molecule has 52 heavy (non-hydrogen) atoms. The predicted octanol–water partition coefficient (Wildman–Crippen LogP) is 5.45. The molecule has 2 aromatic carbocycles. The number of carbonyl (C=O) groups is 2. The molecule has 2 saturated heterocycles. The summed E-state index contributed by atoms with van der Waals surface area (Å²) in [4.78, 5) is 46.1. The van der Waals surface area contributed by atoms with Crippen LogP contribution < -0.4 is 31.6 Å². The van der Waals surface area contributed by atoms with Crippen molar-refractivity contribution in [2.45, 2.75) is 57.8 Å². The minimum Gasteiger partial charge on any atom is -0.481 e. The highest BCUT2D eigenvalue weighted by atomic mass is 35.5. The van der Waals surface area contributed by atoms with E-state index >= 15 is 0 Å². The zero-order valence-electron chi connectivity index (χ0n) is 28.9. The number of aromatic nitrogens is 3. The summed E-state index contributed by atoms with van der Waals surface area (Å²) in [6, 6.07) is 19.4. The van der Waals surface area contributed by atoms with Crippen LogP contribution in [0, 0.1) is 6.92 Å². The molecular formula is C39H39Cl2N7O4. The summed E-state index contributed by atoms with van der Waals surface area (Å²) in [5.41, 5.74) is 6.94. The molecule has 0 bridgehead atoms. The third-order valence-electron chi connectivity index (χ3n) is 9.71. The van der Waals surface area contributed by atoms with Crippen molar-refractivity contribution in [1.82, 2.24) is 35.6 Å². The molecule has 0 aliphatic carbocycles. The summed E-state index contributed by atoms with van der Waals surface area (Å²) < 4.78 is 7.19. The SMILES string of the molecule is COc1nc(-c2cccc(-c3cccc(-c4ccn5c(=O)c(CNC[C@H]6CCC(=O)N6)c(C)nc5c4)c3Cl)c2Cl)ccc1CNC[C@H]1CCC(=O)N1. The van der Waals surface area contributed by atoms with Crippen molar-refractivity contribution >= 4 is 40.7 Å². The molecule has 0 radical (unpaired) electrons. The maximum absolute atomic E-state index is 13.5. The van der Waals surface area contributed by atoms with Crippen LogP contribution in [-0.2, 0) is 22.7 Å². The molecular weight excluding hydrogens is 701 g/mol. The number of halogens is 2. The highest BCUT2D eigenvalue weighted by molar-refractivity contribution is 6.39. The van der Waals surface area contributed by atoms with Crippen LogP contribution in [0.1, 0.15) is 42.5 Å². The van der Waals surface area contributed by atoms with Gasteiger partial charge in [-0.15, -0.1) is 0 Å². The van der Waals surface area contributed by atoms with Crippen molar-refractivity contribution in [2.24, 2.45) is 0 Å². The van der Waals surface area contributed by atoms with Gasteiger partial charge in [0.2, 0.25) is 17.7 Å². The lowest BCUT2D eigenvalue weighted by atomic mass is 9.97. The Labute approximate surface area is 311 Å². The van der Waals surface area contributed by atoms with Gasteiger partial charge in [-0.3, -0.25) is 18.8 Å². The van der Waals surface area contributed by atoms with Crippen molar-refractivity contribution in [2.75, 3.05) is 20.2 Å². The minimum absolute atomic E-state index is 0.0618. The van der Waals surface area contributed by atoms with E-state index in [0.29, 0.717) is 77.5 Å². The molecule has 4 N–H and O–H groups in total. The first-order chi connectivity index (χ1) is 25.2. The monoisotopic (exact) mass is 739 g/mol. The lowest BCUT2D eigenvalue weighted by Gasteiger charge is -2.16. The molecule has 5 aromatic rings. The summed E-state index contributed by atoms with van der Waals surface area (Å²) in [5.74, 6) is 0.643. The number of nitrogens with zero attached hydrogens (tertiary/aromatic N) is 3. The van der Waals surface area contributed by atoms with E-state index in [1.807, 2.05) is 67.6 Å². The molecule has 2 aliphatic heterocycles. The van der Waals surface area contributed by atoms with Crippen LogP contribution in [0.15, 0.2) is 71.7 Å². The quantitative estimate of drug-likeness (QED) is 0.133. The van der Waals surface area contributed by atoms with Crippen molar-refractivity contribution in [1.29, 1.82) is 0 Å². The third kappa shape index (κ3) is 7.40. The fourth-order valence-corrected chi connectivity index (χ4v) is 7.56. The Morgan fingerprint density at radius 2 is 1.42 bits per heavy atom. The Bertz CT molecular complexity index is 2240. The molecule has 11 nitrogen and oxygen atoms in total. The molecule has 2 aliphatic rings. The van der Waals surface area contributed by atoms with Gasteiger partial charge in [0.25, 0.3) is 5.56 Å². The van der Waals surface area contributed by atoms with Crippen molar-refractivity contribution in [3.05, 3.63) is 104 Å². The topological polar surface area (TPSA) is 139 Å². The maximum atomic E-state index is 13.5. The molecule has 0 unspecified atom stereocenters. The Balaban J connectivity index is 1.12. The van der Waals surface area contributed by atoms with Crippen LogP contribution in [0.4, 0.5) is 0 Å². The van der Waals surface area contributed by atoms with Crippen LogP contribution in [0.3, 0.4) is 0 Å². The molecule has 0 saturated carbocycles. The van der Waals surface area contributed by atoms with Crippen LogP contribution in [-0.4, -0.2) is 58.5 Å². The first-order valence-corrected chi connectivity index (χ1v) is 18.1. The molecule has 268 valence electrons. The van der Waals surface area contributed by atoms with Gasteiger partial charge in [-0.25, -0.2) is 9.97 Å². The Kier molecular flexibility index (Phi) is 10.6. The number of amides is 2. The fourth-order valence-electron chi connectivity index (χ4n) is 6.90. The van der Waals surface area contributed by atoms with Crippen molar-refractivity contribution in [3.8, 4) is 39.4 Å². The summed E-state index contributed by atoms with van der Waals surface area (Å²) >= 11 is 14.2. The van der Waals surface area contributed by atoms with E-state index in [1.165, 1.54) is 0 Å². The Morgan fingerprint density at radius 1 is 0.808 bits per heavy atom. The molecule has 2 amide bonds. The van der Waals surface area contributed by atoms with Gasteiger partial charge in [0.05, 0.1) is 28.4 Å². The number of aryl methyl sites for hydroxylation is 1. The normalized spacial score (nSPS) is 17.1. The number of ether oxygens (including phenoxy) is 1.